The molecule has 2 amide bonds. The van der Waals surface area contributed by atoms with Crippen molar-refractivity contribution in [3.05, 3.63) is 90.2 Å². The van der Waals surface area contributed by atoms with Crippen molar-refractivity contribution in [1.82, 2.24) is 10.2 Å². The zero-order valence-corrected chi connectivity index (χ0v) is 24.0. The monoisotopic (exact) mass is 569 g/mol. The van der Waals surface area contributed by atoms with Crippen LogP contribution in [-0.2, 0) is 26.2 Å². The van der Waals surface area contributed by atoms with Crippen LogP contribution in [0.3, 0.4) is 0 Å². The predicted octanol–water partition coefficient (Wildman–Crippen LogP) is 4.61. The van der Waals surface area contributed by atoms with E-state index in [2.05, 4.69) is 5.32 Å². The molecule has 8 nitrogen and oxygen atoms in total. The van der Waals surface area contributed by atoms with Gasteiger partial charge in [0.1, 0.15) is 24.2 Å². The number of carbonyl (C=O) groups is 2. The normalized spacial score (nSPS) is 12.1. The largest absolute Gasteiger partial charge is 0.497 e. The van der Waals surface area contributed by atoms with Crippen molar-refractivity contribution in [1.29, 1.82) is 0 Å². The van der Waals surface area contributed by atoms with E-state index in [9.17, 15) is 22.4 Å². The third-order valence-corrected chi connectivity index (χ3v) is 8.07. The number of halogens is 1. The molecule has 0 radical (unpaired) electrons. The number of para-hydroxylation sites is 1. The van der Waals surface area contributed by atoms with Gasteiger partial charge in [0, 0.05) is 13.1 Å². The van der Waals surface area contributed by atoms with Crippen LogP contribution in [0.1, 0.15) is 32.8 Å². The van der Waals surface area contributed by atoms with Crippen molar-refractivity contribution in [3.63, 3.8) is 0 Å². The van der Waals surface area contributed by atoms with Crippen LogP contribution in [0.25, 0.3) is 0 Å². The van der Waals surface area contributed by atoms with Gasteiger partial charge < -0.3 is 15.0 Å². The Morgan fingerprint density at radius 2 is 1.65 bits per heavy atom. The Hall–Kier alpha value is -3.92. The maximum atomic E-state index is 14.0. The number of nitrogens with zero attached hydrogens (tertiary/aromatic N) is 2. The quantitative estimate of drug-likeness (QED) is 0.324. The van der Waals surface area contributed by atoms with Crippen LogP contribution >= 0.6 is 0 Å². The summed E-state index contributed by atoms with van der Waals surface area (Å²) in [6.45, 7) is 5.67. The summed E-state index contributed by atoms with van der Waals surface area (Å²) in [6, 6.07) is 18.9. The van der Waals surface area contributed by atoms with Gasteiger partial charge >= 0.3 is 0 Å². The molecule has 3 rings (SSSR count). The van der Waals surface area contributed by atoms with Gasteiger partial charge in [-0.1, -0.05) is 51.1 Å². The molecular formula is C30H36FN3O5S. The minimum Gasteiger partial charge on any atom is -0.497 e. The Morgan fingerprint density at radius 3 is 2.25 bits per heavy atom. The van der Waals surface area contributed by atoms with Gasteiger partial charge in [0.2, 0.25) is 11.8 Å². The predicted molar refractivity (Wildman–Crippen MR) is 153 cm³/mol. The lowest BCUT2D eigenvalue weighted by Crippen LogP contribution is -2.52. The minimum absolute atomic E-state index is 0.0584. The first-order valence-electron chi connectivity index (χ1n) is 13.1. The highest BCUT2D eigenvalue weighted by molar-refractivity contribution is 7.92. The third-order valence-electron chi connectivity index (χ3n) is 6.28. The lowest BCUT2D eigenvalue weighted by molar-refractivity contribution is -0.140. The second-order valence-corrected chi connectivity index (χ2v) is 11.6. The van der Waals surface area contributed by atoms with Crippen molar-refractivity contribution in [2.75, 3.05) is 24.5 Å². The standard InChI is InChI=1S/C30H36FN3O5S/c1-5-28(30(36)32-19-22(2)3)33(20-23-10-9-13-26(18-23)39-4)29(35)21-34(25-11-7-6-8-12-25)40(37,38)27-16-14-24(31)15-17-27/h6-18,22,28H,5,19-21H2,1-4H3,(H,32,36)/t28-/m0/s1. The van der Waals surface area contributed by atoms with Crippen molar-refractivity contribution in [2.24, 2.45) is 5.92 Å². The fraction of sp³-hybridized carbons (Fsp3) is 0.333. The summed E-state index contributed by atoms with van der Waals surface area (Å²) in [5, 5.41) is 2.90. The number of benzene rings is 3. The molecule has 0 spiro atoms. The summed E-state index contributed by atoms with van der Waals surface area (Å²) in [6.07, 6.45) is 0.315. The second-order valence-electron chi connectivity index (χ2n) is 9.74. The molecule has 0 unspecified atom stereocenters. The molecule has 40 heavy (non-hydrogen) atoms. The van der Waals surface area contributed by atoms with E-state index in [-0.39, 0.29) is 29.0 Å². The van der Waals surface area contributed by atoms with Crippen molar-refractivity contribution < 1.29 is 27.1 Å². The van der Waals surface area contributed by atoms with Gasteiger partial charge in [-0.2, -0.15) is 0 Å². The molecule has 0 aliphatic heterocycles. The molecular weight excluding hydrogens is 533 g/mol. The topological polar surface area (TPSA) is 96.0 Å². The Labute approximate surface area is 235 Å². The molecule has 10 heteroatoms. The van der Waals surface area contributed by atoms with Gasteiger partial charge in [0.05, 0.1) is 17.7 Å². The van der Waals surface area contributed by atoms with Gasteiger partial charge in [-0.15, -0.1) is 0 Å². The van der Waals surface area contributed by atoms with E-state index in [4.69, 9.17) is 4.74 Å². The van der Waals surface area contributed by atoms with Crippen molar-refractivity contribution in [3.8, 4) is 5.75 Å². The van der Waals surface area contributed by atoms with E-state index in [1.54, 1.807) is 55.5 Å². The molecule has 0 saturated carbocycles. The Morgan fingerprint density at radius 1 is 0.975 bits per heavy atom. The Balaban J connectivity index is 2.03. The number of ether oxygens (including phenoxy) is 1. The number of methoxy groups -OCH3 is 1. The number of sulfonamides is 1. The number of hydrogen-bond acceptors (Lipinski definition) is 5. The fourth-order valence-corrected chi connectivity index (χ4v) is 5.58. The van der Waals surface area contributed by atoms with E-state index in [0.717, 1.165) is 34.1 Å². The number of amides is 2. The molecule has 214 valence electrons. The van der Waals surface area contributed by atoms with Crippen molar-refractivity contribution >= 4 is 27.5 Å². The molecule has 1 N–H and O–H groups in total. The van der Waals surface area contributed by atoms with Gasteiger partial charge in [-0.3, -0.25) is 13.9 Å². The molecule has 0 aliphatic rings. The van der Waals surface area contributed by atoms with Crippen molar-refractivity contribution in [2.45, 2.75) is 44.7 Å². The summed E-state index contributed by atoms with van der Waals surface area (Å²) in [5.74, 6) is -0.668. The Bertz CT molecular complexity index is 1380. The maximum absolute atomic E-state index is 14.0. The summed E-state index contributed by atoms with van der Waals surface area (Å²) >= 11 is 0. The van der Waals surface area contributed by atoms with E-state index < -0.39 is 34.3 Å². The highest BCUT2D eigenvalue weighted by Gasteiger charge is 2.33. The maximum Gasteiger partial charge on any atom is 0.264 e. The minimum atomic E-state index is -4.26. The SMILES string of the molecule is CC[C@@H](C(=O)NCC(C)C)N(Cc1cccc(OC)c1)C(=O)CN(c1ccccc1)S(=O)(=O)c1ccc(F)cc1. The van der Waals surface area contributed by atoms with Crippen LogP contribution < -0.4 is 14.4 Å². The van der Waals surface area contributed by atoms with Crippen LogP contribution in [0.5, 0.6) is 5.75 Å². The lowest BCUT2D eigenvalue weighted by atomic mass is 10.1. The second kappa shape index (κ2) is 13.9. The fourth-order valence-electron chi connectivity index (χ4n) is 4.17. The van der Waals surface area contributed by atoms with E-state index in [1.807, 2.05) is 19.9 Å². The van der Waals surface area contributed by atoms with Crippen LogP contribution in [0.4, 0.5) is 10.1 Å². The number of rotatable bonds is 13. The molecule has 0 aromatic heterocycles. The zero-order chi connectivity index (χ0) is 29.3. The summed E-state index contributed by atoms with van der Waals surface area (Å²) in [4.78, 5) is 28.5. The molecule has 0 heterocycles. The van der Waals surface area contributed by atoms with Crippen LogP contribution in [0.2, 0.25) is 0 Å². The number of anilines is 1. The molecule has 0 bridgehead atoms. The van der Waals surface area contributed by atoms with E-state index >= 15 is 0 Å². The van der Waals surface area contributed by atoms with Gasteiger partial charge in [0.15, 0.2) is 0 Å². The molecule has 0 aliphatic carbocycles. The smallest absolute Gasteiger partial charge is 0.264 e. The molecule has 3 aromatic carbocycles. The van der Waals surface area contributed by atoms with Crippen LogP contribution in [-0.4, -0.2) is 51.4 Å². The van der Waals surface area contributed by atoms with E-state index in [1.165, 1.54) is 12.0 Å². The van der Waals surface area contributed by atoms with Crippen LogP contribution in [0.15, 0.2) is 83.8 Å². The van der Waals surface area contributed by atoms with Gasteiger partial charge in [-0.05, 0) is 66.4 Å². The lowest BCUT2D eigenvalue weighted by Gasteiger charge is -2.33. The van der Waals surface area contributed by atoms with Crippen LogP contribution in [0, 0.1) is 11.7 Å². The number of nitrogens with one attached hydrogen (secondary N) is 1. The molecule has 0 fully saturated rings. The average molecular weight is 570 g/mol. The van der Waals surface area contributed by atoms with Gasteiger partial charge in [0.25, 0.3) is 10.0 Å². The number of hydrogen-bond donors (Lipinski definition) is 1. The first kappa shape index (κ1) is 30.6. The number of carbonyl (C=O) groups excluding carboxylic acids is 2. The average Bonchev–Trinajstić information content (AvgIpc) is 2.95. The summed E-state index contributed by atoms with van der Waals surface area (Å²) < 4.78 is 47.3. The summed E-state index contributed by atoms with van der Waals surface area (Å²) in [5.41, 5.74) is 0.981. The first-order valence-corrected chi connectivity index (χ1v) is 14.5. The molecule has 3 aromatic rings. The Kier molecular flexibility index (Phi) is 10.7. The first-order chi connectivity index (χ1) is 19.1. The third kappa shape index (κ3) is 7.81. The molecule has 1 atom stereocenters. The highest BCUT2D eigenvalue weighted by Crippen LogP contribution is 2.25. The zero-order valence-electron chi connectivity index (χ0n) is 23.2. The van der Waals surface area contributed by atoms with E-state index in [0.29, 0.717) is 18.7 Å². The van der Waals surface area contributed by atoms with Gasteiger partial charge in [-0.25, -0.2) is 12.8 Å². The molecule has 0 saturated heterocycles. The summed E-state index contributed by atoms with van der Waals surface area (Å²) in [7, 11) is -2.72. The highest BCUT2D eigenvalue weighted by atomic mass is 32.2.